The maximum absolute atomic E-state index is 13.0. The molecule has 0 saturated carbocycles. The van der Waals surface area contributed by atoms with Crippen LogP contribution in [0.25, 0.3) is 16.7 Å². The number of pyridine rings is 2. The van der Waals surface area contributed by atoms with E-state index < -0.39 is 5.91 Å². The third-order valence-corrected chi connectivity index (χ3v) is 5.03. The number of carbonyl (C=O) groups excluding carboxylic acids is 1. The first-order valence-electron chi connectivity index (χ1n) is 9.22. The van der Waals surface area contributed by atoms with Crippen LogP contribution in [0.1, 0.15) is 10.4 Å². The van der Waals surface area contributed by atoms with Gasteiger partial charge < -0.3 is 14.6 Å². The molecule has 0 spiro atoms. The van der Waals surface area contributed by atoms with Crippen molar-refractivity contribution in [1.29, 1.82) is 5.41 Å². The predicted octanol–water partition coefficient (Wildman–Crippen LogP) is -0.180. The Kier molecular flexibility index (Phi) is 4.93. The zero-order chi connectivity index (χ0) is 19.7. The number of rotatable bonds is 4. The van der Waals surface area contributed by atoms with Gasteiger partial charge in [-0.3, -0.25) is 24.3 Å². The van der Waals surface area contributed by atoms with E-state index in [1.807, 2.05) is 6.07 Å². The molecule has 3 aromatic rings. The maximum atomic E-state index is 13.0. The number of morpholine rings is 1. The third-order valence-electron chi connectivity index (χ3n) is 5.03. The second-order valence-electron chi connectivity index (χ2n) is 6.67. The van der Waals surface area contributed by atoms with Gasteiger partial charge in [0.05, 0.1) is 24.2 Å². The van der Waals surface area contributed by atoms with Crippen molar-refractivity contribution in [3.8, 4) is 0 Å². The first kappa shape index (κ1) is 18.3. The Morgan fingerprint density at radius 2 is 2.07 bits per heavy atom. The molecule has 0 bridgehead atoms. The van der Waals surface area contributed by atoms with Crippen molar-refractivity contribution in [1.82, 2.24) is 24.2 Å². The Morgan fingerprint density at radius 3 is 2.82 bits per heavy atom. The SMILES string of the molecule is CNC(=O)c1cc2c(=O)n3ccccc3nc2n(CCN2CCOCC2)c1=N. The summed E-state index contributed by atoms with van der Waals surface area (Å²) in [6, 6.07) is 6.79. The number of ether oxygens (including phenoxy) is 1. The zero-order valence-corrected chi connectivity index (χ0v) is 15.6. The molecule has 0 aliphatic carbocycles. The average Bonchev–Trinajstić information content (AvgIpc) is 2.73. The van der Waals surface area contributed by atoms with Crippen molar-refractivity contribution in [3.05, 3.63) is 51.9 Å². The monoisotopic (exact) mass is 382 g/mol. The summed E-state index contributed by atoms with van der Waals surface area (Å²) in [5.74, 6) is -0.399. The van der Waals surface area contributed by atoms with Crippen molar-refractivity contribution < 1.29 is 9.53 Å². The summed E-state index contributed by atoms with van der Waals surface area (Å²) in [6.45, 7) is 4.14. The summed E-state index contributed by atoms with van der Waals surface area (Å²) in [5, 5.41) is 11.4. The smallest absolute Gasteiger partial charge is 0.267 e. The zero-order valence-electron chi connectivity index (χ0n) is 15.6. The lowest BCUT2D eigenvalue weighted by atomic mass is 10.2. The van der Waals surface area contributed by atoms with Crippen LogP contribution in [0.3, 0.4) is 0 Å². The summed E-state index contributed by atoms with van der Waals surface area (Å²) in [5.41, 5.74) is 0.874. The Morgan fingerprint density at radius 1 is 1.29 bits per heavy atom. The predicted molar refractivity (Wildman–Crippen MR) is 103 cm³/mol. The lowest BCUT2D eigenvalue weighted by Gasteiger charge is -2.27. The van der Waals surface area contributed by atoms with Gasteiger partial charge in [0.1, 0.15) is 16.8 Å². The number of hydrogen-bond acceptors (Lipinski definition) is 6. The van der Waals surface area contributed by atoms with Gasteiger partial charge in [-0.15, -0.1) is 0 Å². The third kappa shape index (κ3) is 3.19. The van der Waals surface area contributed by atoms with E-state index in [2.05, 4.69) is 15.2 Å². The molecule has 1 fully saturated rings. The average molecular weight is 382 g/mol. The number of hydrogen-bond donors (Lipinski definition) is 2. The summed E-state index contributed by atoms with van der Waals surface area (Å²) < 4.78 is 8.49. The summed E-state index contributed by atoms with van der Waals surface area (Å²) in [4.78, 5) is 32.2. The molecule has 0 radical (unpaired) electrons. The molecular formula is C19H22N6O3. The van der Waals surface area contributed by atoms with Gasteiger partial charge in [0.25, 0.3) is 11.5 Å². The molecule has 1 aliphatic rings. The molecule has 4 heterocycles. The Balaban J connectivity index is 1.91. The van der Waals surface area contributed by atoms with Crippen molar-refractivity contribution in [3.63, 3.8) is 0 Å². The van der Waals surface area contributed by atoms with E-state index in [-0.39, 0.29) is 16.6 Å². The van der Waals surface area contributed by atoms with Crippen LogP contribution >= 0.6 is 0 Å². The van der Waals surface area contributed by atoms with Crippen LogP contribution in [0.5, 0.6) is 0 Å². The summed E-state index contributed by atoms with van der Waals surface area (Å²) >= 11 is 0. The molecule has 4 rings (SSSR count). The van der Waals surface area contributed by atoms with Gasteiger partial charge in [-0.1, -0.05) is 6.07 Å². The first-order chi connectivity index (χ1) is 13.6. The minimum Gasteiger partial charge on any atom is -0.379 e. The lowest BCUT2D eigenvalue weighted by molar-refractivity contribution is 0.0363. The number of nitrogens with one attached hydrogen (secondary N) is 2. The van der Waals surface area contributed by atoms with Gasteiger partial charge in [-0.2, -0.15) is 0 Å². The molecular weight excluding hydrogens is 360 g/mol. The van der Waals surface area contributed by atoms with Crippen LogP contribution in [0, 0.1) is 5.41 Å². The van der Waals surface area contributed by atoms with Crippen molar-refractivity contribution in [2.75, 3.05) is 39.9 Å². The van der Waals surface area contributed by atoms with Crippen LogP contribution < -0.4 is 16.4 Å². The van der Waals surface area contributed by atoms with E-state index in [1.165, 1.54) is 17.5 Å². The lowest BCUT2D eigenvalue weighted by Crippen LogP contribution is -2.40. The standard InChI is InChI=1S/C19H22N6O3/c1-21-18(26)13-12-14-17(22-15-4-2-3-5-24(15)19(14)27)25(16(13)20)7-6-23-8-10-28-11-9-23/h2-5,12,20H,6-11H2,1H3,(H,21,26). The van der Waals surface area contributed by atoms with Crippen LogP contribution in [0.4, 0.5) is 0 Å². The first-order valence-corrected chi connectivity index (χ1v) is 9.22. The van der Waals surface area contributed by atoms with Crippen molar-refractivity contribution in [2.24, 2.45) is 0 Å². The molecule has 146 valence electrons. The highest BCUT2D eigenvalue weighted by atomic mass is 16.5. The van der Waals surface area contributed by atoms with Crippen LogP contribution in [-0.4, -0.2) is 64.7 Å². The van der Waals surface area contributed by atoms with E-state index in [0.717, 1.165) is 13.1 Å². The van der Waals surface area contributed by atoms with Crippen LogP contribution in [0.15, 0.2) is 35.3 Å². The van der Waals surface area contributed by atoms with Crippen LogP contribution in [-0.2, 0) is 11.3 Å². The maximum Gasteiger partial charge on any atom is 0.267 e. The minimum absolute atomic E-state index is 0.0484. The number of nitrogens with zero attached hydrogens (tertiary/aromatic N) is 4. The number of aromatic nitrogens is 3. The molecule has 3 aromatic heterocycles. The number of fused-ring (bicyclic) bond motifs is 2. The van der Waals surface area contributed by atoms with Gasteiger partial charge in [0, 0.05) is 39.4 Å². The number of carbonyl (C=O) groups is 1. The van der Waals surface area contributed by atoms with Gasteiger partial charge in [0.15, 0.2) is 0 Å². The molecule has 9 nitrogen and oxygen atoms in total. The van der Waals surface area contributed by atoms with E-state index in [4.69, 9.17) is 10.1 Å². The summed E-state index contributed by atoms with van der Waals surface area (Å²) in [7, 11) is 1.51. The summed E-state index contributed by atoms with van der Waals surface area (Å²) in [6.07, 6.45) is 1.65. The fourth-order valence-corrected chi connectivity index (χ4v) is 3.48. The Hall–Kier alpha value is -3.04. The van der Waals surface area contributed by atoms with Crippen molar-refractivity contribution in [2.45, 2.75) is 6.54 Å². The van der Waals surface area contributed by atoms with Gasteiger partial charge in [-0.25, -0.2) is 4.98 Å². The molecule has 1 saturated heterocycles. The molecule has 1 amide bonds. The quantitative estimate of drug-likeness (QED) is 0.609. The highest BCUT2D eigenvalue weighted by molar-refractivity contribution is 5.96. The number of amides is 1. The molecule has 9 heteroatoms. The Bertz CT molecular complexity index is 1160. The highest BCUT2D eigenvalue weighted by Gasteiger charge is 2.18. The fourth-order valence-electron chi connectivity index (χ4n) is 3.48. The minimum atomic E-state index is -0.399. The highest BCUT2D eigenvalue weighted by Crippen LogP contribution is 2.11. The normalized spacial score (nSPS) is 15.2. The molecule has 0 atom stereocenters. The van der Waals surface area contributed by atoms with E-state index in [9.17, 15) is 9.59 Å². The molecule has 2 N–H and O–H groups in total. The second kappa shape index (κ2) is 7.53. The van der Waals surface area contributed by atoms with E-state index in [1.54, 1.807) is 22.9 Å². The van der Waals surface area contributed by atoms with Gasteiger partial charge in [-0.05, 0) is 18.2 Å². The van der Waals surface area contributed by atoms with Gasteiger partial charge >= 0.3 is 0 Å². The molecule has 0 unspecified atom stereocenters. The fraction of sp³-hybridized carbons (Fsp3) is 0.368. The Labute approximate surface area is 160 Å². The van der Waals surface area contributed by atoms with Gasteiger partial charge in [0.2, 0.25) is 0 Å². The molecule has 0 aromatic carbocycles. The largest absolute Gasteiger partial charge is 0.379 e. The topological polar surface area (TPSA) is 105 Å². The second-order valence-corrected chi connectivity index (χ2v) is 6.67. The van der Waals surface area contributed by atoms with Crippen molar-refractivity contribution >= 4 is 22.6 Å². The molecule has 1 aliphatic heterocycles. The van der Waals surface area contributed by atoms with E-state index >= 15 is 0 Å². The molecule has 28 heavy (non-hydrogen) atoms. The van der Waals surface area contributed by atoms with E-state index in [0.29, 0.717) is 43.0 Å². The van der Waals surface area contributed by atoms with Crippen LogP contribution in [0.2, 0.25) is 0 Å².